The Kier molecular flexibility index (Phi) is 4.99. The molecule has 142 valence electrons. The zero-order valence-electron chi connectivity index (χ0n) is 15.2. The zero-order chi connectivity index (χ0) is 19.5. The lowest BCUT2D eigenvalue weighted by Crippen LogP contribution is -2.43. The molecular weight excluding hydrogens is 356 g/mol. The molecule has 7 nitrogen and oxygen atoms in total. The Morgan fingerprint density at radius 2 is 2.00 bits per heavy atom. The Hall–Kier alpha value is -3.32. The van der Waals surface area contributed by atoms with E-state index in [1.807, 2.05) is 42.5 Å². The van der Waals surface area contributed by atoms with Crippen LogP contribution in [0, 0.1) is 0 Å². The van der Waals surface area contributed by atoms with Crippen molar-refractivity contribution in [2.24, 2.45) is 5.73 Å². The number of rotatable bonds is 4. The number of aromatic nitrogens is 2. The lowest BCUT2D eigenvalue weighted by atomic mass is 10.0. The van der Waals surface area contributed by atoms with E-state index in [4.69, 9.17) is 10.5 Å². The number of hydrogen-bond acceptors (Lipinski definition) is 5. The highest BCUT2D eigenvalue weighted by Crippen LogP contribution is 2.26. The van der Waals surface area contributed by atoms with Crippen LogP contribution in [0.15, 0.2) is 54.7 Å². The molecule has 2 aromatic heterocycles. The van der Waals surface area contributed by atoms with Crippen LogP contribution in [0.2, 0.25) is 0 Å². The topological polar surface area (TPSA) is 98.4 Å². The van der Waals surface area contributed by atoms with Crippen LogP contribution in [-0.4, -0.2) is 46.4 Å². The average molecular weight is 376 g/mol. The molecule has 1 atom stereocenters. The Balaban J connectivity index is 1.58. The largest absolute Gasteiger partial charge is 0.368 e. The van der Waals surface area contributed by atoms with E-state index in [1.165, 1.54) is 0 Å². The lowest BCUT2D eigenvalue weighted by Gasteiger charge is -2.33. The Morgan fingerprint density at radius 1 is 1.18 bits per heavy atom. The number of benzene rings is 1. The molecule has 1 saturated heterocycles. The van der Waals surface area contributed by atoms with Gasteiger partial charge in [-0.05, 0) is 24.3 Å². The average Bonchev–Trinajstić information content (AvgIpc) is 2.73. The molecule has 4 rings (SSSR count). The normalized spacial score (nSPS) is 16.9. The molecule has 1 aliphatic rings. The molecule has 3 heterocycles. The molecule has 28 heavy (non-hydrogen) atoms. The molecule has 1 fully saturated rings. The molecule has 1 unspecified atom stereocenters. The van der Waals surface area contributed by atoms with Crippen LogP contribution in [0.3, 0.4) is 0 Å². The first-order chi connectivity index (χ1) is 13.6. The minimum Gasteiger partial charge on any atom is -0.368 e. The fraction of sp³-hybridized carbons (Fsp3) is 0.238. The predicted molar refractivity (Wildman–Crippen MR) is 103 cm³/mol. The number of nitrogens with two attached hydrogens (primary N) is 1. The maximum Gasteiger partial charge on any atom is 0.249 e. The van der Waals surface area contributed by atoms with Crippen molar-refractivity contribution in [1.29, 1.82) is 0 Å². The van der Waals surface area contributed by atoms with Gasteiger partial charge in [0.15, 0.2) is 0 Å². The predicted octanol–water partition coefficient (Wildman–Crippen LogP) is 1.87. The van der Waals surface area contributed by atoms with Crippen molar-refractivity contribution in [2.75, 3.05) is 19.7 Å². The van der Waals surface area contributed by atoms with Gasteiger partial charge in [0.25, 0.3) is 0 Å². The van der Waals surface area contributed by atoms with Gasteiger partial charge in [0, 0.05) is 23.8 Å². The number of para-hydroxylation sites is 1. The lowest BCUT2D eigenvalue weighted by molar-refractivity contribution is -0.138. The summed E-state index contributed by atoms with van der Waals surface area (Å²) in [5, 5.41) is 0.706. The van der Waals surface area contributed by atoms with Crippen molar-refractivity contribution in [3.63, 3.8) is 0 Å². The fourth-order valence-electron chi connectivity index (χ4n) is 3.39. The number of carbonyl (C=O) groups is 2. The molecule has 0 radical (unpaired) electrons. The van der Waals surface area contributed by atoms with Gasteiger partial charge in [0.1, 0.15) is 6.10 Å². The molecule has 3 aromatic rings. The standard InChI is InChI=1S/C21H20N4O3/c22-21(27)16-12-18(24-17-7-2-1-6-15(16)17)19-13-25(9-10-28-19)20(26)11-14-5-3-4-8-23-14/h1-8,12,19H,9-11,13H2,(H2,22,27). The summed E-state index contributed by atoms with van der Waals surface area (Å²) < 4.78 is 5.85. The van der Waals surface area contributed by atoms with Crippen LogP contribution in [0.1, 0.15) is 27.8 Å². The summed E-state index contributed by atoms with van der Waals surface area (Å²) in [6.45, 7) is 1.28. The third-order valence-corrected chi connectivity index (χ3v) is 4.81. The van der Waals surface area contributed by atoms with Crippen molar-refractivity contribution in [3.8, 4) is 0 Å². The summed E-state index contributed by atoms with van der Waals surface area (Å²) >= 11 is 0. The fourth-order valence-corrected chi connectivity index (χ4v) is 3.39. The molecule has 2 N–H and O–H groups in total. The number of morpholine rings is 1. The number of ether oxygens (including phenoxy) is 1. The second-order valence-corrected chi connectivity index (χ2v) is 6.67. The number of pyridine rings is 2. The molecule has 2 amide bonds. The van der Waals surface area contributed by atoms with Gasteiger partial charge in [-0.3, -0.25) is 14.6 Å². The highest BCUT2D eigenvalue weighted by molar-refractivity contribution is 6.05. The van der Waals surface area contributed by atoms with Crippen LogP contribution < -0.4 is 5.73 Å². The second kappa shape index (κ2) is 7.74. The van der Waals surface area contributed by atoms with E-state index in [1.54, 1.807) is 17.2 Å². The molecule has 7 heteroatoms. The molecule has 0 aliphatic carbocycles. The smallest absolute Gasteiger partial charge is 0.249 e. The molecule has 1 aliphatic heterocycles. The summed E-state index contributed by atoms with van der Waals surface area (Å²) in [5.74, 6) is -0.526. The SMILES string of the molecule is NC(=O)c1cc(C2CN(C(=O)Cc3ccccn3)CCO2)nc2ccccc12. The molecule has 0 saturated carbocycles. The summed E-state index contributed by atoms with van der Waals surface area (Å²) in [5.41, 5.74) is 7.97. The maximum absolute atomic E-state index is 12.7. The summed E-state index contributed by atoms with van der Waals surface area (Å²) in [6.07, 6.45) is 1.50. The van der Waals surface area contributed by atoms with Gasteiger partial charge < -0.3 is 15.4 Å². The van der Waals surface area contributed by atoms with Crippen molar-refractivity contribution < 1.29 is 14.3 Å². The third-order valence-electron chi connectivity index (χ3n) is 4.81. The van der Waals surface area contributed by atoms with Gasteiger partial charge in [0.05, 0.1) is 36.3 Å². The Labute approximate surface area is 162 Å². The van der Waals surface area contributed by atoms with E-state index in [2.05, 4.69) is 9.97 Å². The zero-order valence-corrected chi connectivity index (χ0v) is 15.2. The van der Waals surface area contributed by atoms with Crippen LogP contribution >= 0.6 is 0 Å². The second-order valence-electron chi connectivity index (χ2n) is 6.67. The number of nitrogens with zero attached hydrogens (tertiary/aromatic N) is 3. The summed E-state index contributed by atoms with van der Waals surface area (Å²) in [4.78, 5) is 35.2. The third kappa shape index (κ3) is 3.70. The highest BCUT2D eigenvalue weighted by atomic mass is 16.5. The van der Waals surface area contributed by atoms with Crippen LogP contribution in [-0.2, 0) is 16.0 Å². The van der Waals surface area contributed by atoms with Gasteiger partial charge in [-0.2, -0.15) is 0 Å². The summed E-state index contributed by atoms with van der Waals surface area (Å²) in [6, 6.07) is 14.5. The van der Waals surface area contributed by atoms with Crippen LogP contribution in [0.4, 0.5) is 0 Å². The molecule has 1 aromatic carbocycles. The van der Waals surface area contributed by atoms with Gasteiger partial charge >= 0.3 is 0 Å². The van der Waals surface area contributed by atoms with Crippen LogP contribution in [0.25, 0.3) is 10.9 Å². The van der Waals surface area contributed by atoms with Crippen molar-refractivity contribution >= 4 is 22.7 Å². The Morgan fingerprint density at radius 3 is 2.79 bits per heavy atom. The van der Waals surface area contributed by atoms with Gasteiger partial charge in [-0.15, -0.1) is 0 Å². The number of amides is 2. The first-order valence-corrected chi connectivity index (χ1v) is 9.10. The van der Waals surface area contributed by atoms with Crippen molar-refractivity contribution in [3.05, 3.63) is 71.7 Å². The maximum atomic E-state index is 12.7. The summed E-state index contributed by atoms with van der Waals surface area (Å²) in [7, 11) is 0. The highest BCUT2D eigenvalue weighted by Gasteiger charge is 2.27. The molecule has 0 bridgehead atoms. The monoisotopic (exact) mass is 376 g/mol. The minimum atomic E-state index is -0.515. The first kappa shape index (κ1) is 18.1. The van der Waals surface area contributed by atoms with Gasteiger partial charge in [0.2, 0.25) is 11.8 Å². The quantitative estimate of drug-likeness (QED) is 0.750. The number of carbonyl (C=O) groups excluding carboxylic acids is 2. The van der Waals surface area contributed by atoms with Crippen molar-refractivity contribution in [1.82, 2.24) is 14.9 Å². The number of fused-ring (bicyclic) bond motifs is 1. The van der Waals surface area contributed by atoms with E-state index < -0.39 is 12.0 Å². The van der Waals surface area contributed by atoms with E-state index >= 15 is 0 Å². The number of primary amides is 1. The van der Waals surface area contributed by atoms with Crippen LogP contribution in [0.5, 0.6) is 0 Å². The minimum absolute atomic E-state index is 0.0112. The first-order valence-electron chi connectivity index (χ1n) is 9.10. The molecule has 0 spiro atoms. The number of hydrogen-bond donors (Lipinski definition) is 1. The van der Waals surface area contributed by atoms with E-state index in [0.717, 1.165) is 5.69 Å². The van der Waals surface area contributed by atoms with Gasteiger partial charge in [-0.1, -0.05) is 24.3 Å². The van der Waals surface area contributed by atoms with E-state index in [-0.39, 0.29) is 12.3 Å². The van der Waals surface area contributed by atoms with Gasteiger partial charge in [-0.25, -0.2) is 4.98 Å². The van der Waals surface area contributed by atoms with E-state index in [0.29, 0.717) is 41.9 Å². The Bertz CT molecular complexity index is 1020. The van der Waals surface area contributed by atoms with E-state index in [9.17, 15) is 9.59 Å². The van der Waals surface area contributed by atoms with Crippen molar-refractivity contribution in [2.45, 2.75) is 12.5 Å². The molecular formula is C21H20N4O3.